The van der Waals surface area contributed by atoms with Crippen molar-refractivity contribution < 1.29 is 19.0 Å². The molecule has 0 aromatic heterocycles. The van der Waals surface area contributed by atoms with E-state index in [1.54, 1.807) is 12.1 Å². The minimum absolute atomic E-state index is 0.197. The number of rotatable bonds is 5. The molecule has 0 saturated carbocycles. The van der Waals surface area contributed by atoms with Gasteiger partial charge in [-0.1, -0.05) is 43.8 Å². The van der Waals surface area contributed by atoms with Crippen molar-refractivity contribution in [3.8, 4) is 11.5 Å². The van der Waals surface area contributed by atoms with Gasteiger partial charge in [0.2, 0.25) is 0 Å². The number of benzene rings is 1. The molecular formula is C23H32O4Si. The Morgan fingerprint density at radius 2 is 1.89 bits per heavy atom. The summed E-state index contributed by atoms with van der Waals surface area (Å²) in [6.45, 7) is 14.3. The van der Waals surface area contributed by atoms with Crippen LogP contribution in [-0.4, -0.2) is 38.1 Å². The summed E-state index contributed by atoms with van der Waals surface area (Å²) >= 11 is 0. The third-order valence-corrected chi connectivity index (χ3v) is 5.03. The van der Waals surface area contributed by atoms with Crippen LogP contribution in [0.15, 0.2) is 42.0 Å². The summed E-state index contributed by atoms with van der Waals surface area (Å²) in [7, 11) is -1.43. The predicted molar refractivity (Wildman–Crippen MR) is 115 cm³/mol. The monoisotopic (exact) mass is 400 g/mol. The Hall–Kier alpha value is -1.87. The molecule has 28 heavy (non-hydrogen) atoms. The molecule has 4 nitrogen and oxygen atoms in total. The van der Waals surface area contributed by atoms with Gasteiger partial charge in [0.15, 0.2) is 5.79 Å². The Morgan fingerprint density at radius 3 is 2.50 bits per heavy atom. The fraction of sp³-hybridized carbons (Fsp3) is 0.522. The maximum Gasteiger partial charge on any atom is 0.338 e. The van der Waals surface area contributed by atoms with E-state index in [0.29, 0.717) is 12.0 Å². The van der Waals surface area contributed by atoms with Crippen LogP contribution >= 0.6 is 0 Å². The van der Waals surface area contributed by atoms with Gasteiger partial charge < -0.3 is 14.2 Å². The predicted octanol–water partition coefficient (Wildman–Crippen LogP) is 4.97. The van der Waals surface area contributed by atoms with Crippen molar-refractivity contribution in [2.24, 2.45) is 0 Å². The second-order valence-corrected chi connectivity index (χ2v) is 13.6. The van der Waals surface area contributed by atoms with E-state index in [-0.39, 0.29) is 24.3 Å². The van der Waals surface area contributed by atoms with Crippen molar-refractivity contribution in [3.05, 3.63) is 47.5 Å². The van der Waals surface area contributed by atoms with E-state index < -0.39 is 13.9 Å². The van der Waals surface area contributed by atoms with Crippen molar-refractivity contribution in [2.75, 3.05) is 0 Å². The lowest BCUT2D eigenvalue weighted by Crippen LogP contribution is -2.28. The molecule has 1 aliphatic heterocycles. The van der Waals surface area contributed by atoms with Gasteiger partial charge in [0.1, 0.15) is 20.3 Å². The molecule has 1 heterocycles. The average molecular weight is 401 g/mol. The van der Waals surface area contributed by atoms with Crippen molar-refractivity contribution in [1.29, 1.82) is 0 Å². The Balaban J connectivity index is 2.04. The number of esters is 1. The number of allylic oxidation sites excluding steroid dienone is 1. The molecule has 0 unspecified atom stereocenters. The summed E-state index contributed by atoms with van der Waals surface area (Å²) in [6, 6.07) is 9.01. The lowest BCUT2D eigenvalue weighted by atomic mass is 10.1. The van der Waals surface area contributed by atoms with Crippen molar-refractivity contribution in [3.63, 3.8) is 0 Å². The molecular weight excluding hydrogens is 368 g/mol. The van der Waals surface area contributed by atoms with Crippen LogP contribution in [0, 0.1) is 11.5 Å². The highest BCUT2D eigenvalue weighted by Gasteiger charge is 2.41. The molecule has 3 atom stereocenters. The highest BCUT2D eigenvalue weighted by Crippen LogP contribution is 2.32. The molecule has 0 amide bonds. The number of hydrogen-bond donors (Lipinski definition) is 0. The summed E-state index contributed by atoms with van der Waals surface area (Å²) in [5, 5.41) is 0. The Morgan fingerprint density at radius 1 is 1.25 bits per heavy atom. The third-order valence-electron chi connectivity index (χ3n) is 4.15. The molecule has 0 aliphatic carbocycles. The molecule has 2 rings (SSSR count). The molecule has 1 aromatic carbocycles. The fourth-order valence-electron chi connectivity index (χ4n) is 2.96. The molecule has 0 N–H and O–H groups in total. The lowest BCUT2D eigenvalue weighted by Gasteiger charge is -2.20. The van der Waals surface area contributed by atoms with Crippen LogP contribution in [0.5, 0.6) is 0 Å². The van der Waals surface area contributed by atoms with Crippen LogP contribution < -0.4 is 0 Å². The number of carbonyl (C=O) groups is 1. The highest BCUT2D eigenvalue weighted by atomic mass is 28.3. The van der Waals surface area contributed by atoms with Gasteiger partial charge in [0, 0.05) is 6.42 Å². The first-order valence-corrected chi connectivity index (χ1v) is 13.3. The van der Waals surface area contributed by atoms with Crippen LogP contribution in [0.1, 0.15) is 44.5 Å². The zero-order valence-electron chi connectivity index (χ0n) is 18.0. The largest absolute Gasteiger partial charge is 0.459 e. The van der Waals surface area contributed by atoms with Gasteiger partial charge in [-0.05, 0) is 51.5 Å². The number of carbonyl (C=O) groups excluding carboxylic acids is 1. The van der Waals surface area contributed by atoms with E-state index in [0.717, 1.165) is 5.57 Å². The molecule has 1 saturated heterocycles. The molecule has 1 fully saturated rings. The van der Waals surface area contributed by atoms with Crippen molar-refractivity contribution >= 4 is 14.0 Å². The van der Waals surface area contributed by atoms with E-state index in [9.17, 15) is 4.79 Å². The van der Waals surface area contributed by atoms with Gasteiger partial charge in [-0.2, -0.15) is 0 Å². The van der Waals surface area contributed by atoms with Gasteiger partial charge in [0.05, 0.1) is 11.7 Å². The normalized spacial score (nSPS) is 22.9. The van der Waals surface area contributed by atoms with Gasteiger partial charge in [-0.3, -0.25) is 0 Å². The van der Waals surface area contributed by atoms with Gasteiger partial charge >= 0.3 is 5.97 Å². The van der Waals surface area contributed by atoms with Crippen molar-refractivity contribution in [2.45, 2.75) is 77.9 Å². The molecule has 0 spiro atoms. The van der Waals surface area contributed by atoms with E-state index in [2.05, 4.69) is 31.1 Å². The topological polar surface area (TPSA) is 44.8 Å². The van der Waals surface area contributed by atoms with Crippen LogP contribution in [0.3, 0.4) is 0 Å². The SMILES string of the molecule is C/C(C#C[Si](C)(C)C)=C\[C@@H]1OC(C)(C)O[C@H]1C[C@H](C)OC(=O)c1ccccc1. The molecule has 1 aromatic rings. The Kier molecular flexibility index (Phi) is 7.27. The van der Waals surface area contributed by atoms with Gasteiger partial charge in [-0.25, -0.2) is 4.79 Å². The Labute approximate surface area is 170 Å². The second kappa shape index (κ2) is 9.08. The van der Waals surface area contributed by atoms with E-state index in [4.69, 9.17) is 14.2 Å². The van der Waals surface area contributed by atoms with E-state index >= 15 is 0 Å². The van der Waals surface area contributed by atoms with Crippen LogP contribution in [0.4, 0.5) is 0 Å². The molecule has 0 bridgehead atoms. The Bertz CT molecular complexity index is 765. The van der Waals surface area contributed by atoms with E-state index in [1.165, 1.54) is 0 Å². The van der Waals surface area contributed by atoms with E-state index in [1.807, 2.05) is 52.0 Å². The summed E-state index contributed by atoms with van der Waals surface area (Å²) in [4.78, 5) is 12.3. The maximum absolute atomic E-state index is 12.3. The van der Waals surface area contributed by atoms with Gasteiger partial charge in [-0.15, -0.1) is 5.54 Å². The van der Waals surface area contributed by atoms with Gasteiger partial charge in [0.25, 0.3) is 0 Å². The first-order valence-electron chi connectivity index (χ1n) is 9.78. The zero-order valence-corrected chi connectivity index (χ0v) is 19.0. The summed E-state index contributed by atoms with van der Waals surface area (Å²) in [5.41, 5.74) is 4.90. The minimum Gasteiger partial charge on any atom is -0.459 e. The van der Waals surface area contributed by atoms with Crippen LogP contribution in [0.25, 0.3) is 0 Å². The number of ether oxygens (including phenoxy) is 3. The quantitative estimate of drug-likeness (QED) is 0.398. The highest BCUT2D eigenvalue weighted by molar-refractivity contribution is 6.83. The maximum atomic E-state index is 12.3. The third kappa shape index (κ3) is 7.27. The molecule has 5 heteroatoms. The van der Waals surface area contributed by atoms with Crippen LogP contribution in [-0.2, 0) is 14.2 Å². The first-order chi connectivity index (χ1) is 13.0. The number of hydrogen-bond acceptors (Lipinski definition) is 4. The second-order valence-electron chi connectivity index (χ2n) is 8.81. The summed E-state index contributed by atoms with van der Waals surface area (Å²) in [6.07, 6.45) is 1.87. The summed E-state index contributed by atoms with van der Waals surface area (Å²) < 4.78 is 17.7. The first kappa shape index (κ1) is 22.4. The summed E-state index contributed by atoms with van der Waals surface area (Å²) in [5.74, 6) is 2.25. The molecule has 0 radical (unpaired) electrons. The minimum atomic E-state index is -1.43. The van der Waals surface area contributed by atoms with Crippen LogP contribution in [0.2, 0.25) is 19.6 Å². The lowest BCUT2D eigenvalue weighted by molar-refractivity contribution is -0.145. The standard InChI is InChI=1S/C23H32O4Si/c1-17(13-14-28(5,6)7)15-20-21(27-23(3,4)26-20)16-18(2)25-22(24)19-11-9-8-10-12-19/h8-12,15,18,20-21H,16H2,1-7H3/b17-15+/t18-,20-,21-/m0/s1. The molecule has 1 aliphatic rings. The van der Waals surface area contributed by atoms with Crippen molar-refractivity contribution in [1.82, 2.24) is 0 Å². The smallest absolute Gasteiger partial charge is 0.338 e. The fourth-order valence-corrected chi connectivity index (χ4v) is 3.53. The average Bonchev–Trinajstić information content (AvgIpc) is 2.86. The molecule has 152 valence electrons. The zero-order chi connectivity index (χ0) is 20.9.